The number of piperidine rings is 1. The van der Waals surface area contributed by atoms with Gasteiger partial charge in [-0.05, 0) is 45.7 Å². The van der Waals surface area contributed by atoms with Crippen LogP contribution < -0.4 is 5.32 Å². The number of hydrogen-bond donors (Lipinski definition) is 1. The van der Waals surface area contributed by atoms with E-state index in [-0.39, 0.29) is 5.79 Å². The second-order valence-corrected chi connectivity index (χ2v) is 6.74. The fraction of sp³-hybridized carbons (Fsp3) is 1.00. The van der Waals surface area contributed by atoms with E-state index in [0.29, 0.717) is 12.1 Å². The molecule has 116 valence electrons. The molecule has 1 spiro atoms. The van der Waals surface area contributed by atoms with Crippen molar-refractivity contribution < 1.29 is 9.47 Å². The number of ether oxygens (including phenoxy) is 2. The van der Waals surface area contributed by atoms with E-state index in [4.69, 9.17) is 9.47 Å². The van der Waals surface area contributed by atoms with Gasteiger partial charge in [0.15, 0.2) is 5.79 Å². The van der Waals surface area contributed by atoms with Crippen molar-refractivity contribution in [1.29, 1.82) is 0 Å². The first-order chi connectivity index (χ1) is 9.77. The molecule has 1 saturated carbocycles. The Hall–Kier alpha value is -0.160. The van der Waals surface area contributed by atoms with E-state index in [1.165, 1.54) is 45.2 Å². The van der Waals surface area contributed by atoms with Crippen LogP contribution in [0.2, 0.25) is 0 Å². The number of nitrogens with zero attached hydrogens (tertiary/aromatic N) is 1. The molecule has 0 bridgehead atoms. The predicted octanol–water partition coefficient (Wildman–Crippen LogP) is 2.14. The van der Waals surface area contributed by atoms with Crippen LogP contribution in [0.25, 0.3) is 0 Å². The number of nitrogens with one attached hydrogen (secondary N) is 1. The first-order valence-corrected chi connectivity index (χ1v) is 8.53. The summed E-state index contributed by atoms with van der Waals surface area (Å²) in [4.78, 5) is 2.64. The second kappa shape index (κ2) is 6.73. The Balaban J connectivity index is 1.36. The lowest BCUT2D eigenvalue weighted by atomic mass is 9.90. The molecular weight excluding hydrogens is 252 g/mol. The summed E-state index contributed by atoms with van der Waals surface area (Å²) in [6.45, 7) is 7.63. The van der Waals surface area contributed by atoms with Crippen molar-refractivity contribution in [2.45, 2.75) is 69.7 Å². The average Bonchev–Trinajstić information content (AvgIpc) is 2.96. The Morgan fingerprint density at radius 3 is 2.40 bits per heavy atom. The van der Waals surface area contributed by atoms with Crippen LogP contribution in [0.15, 0.2) is 0 Å². The third-order valence-electron chi connectivity index (χ3n) is 5.28. The maximum Gasteiger partial charge on any atom is 0.168 e. The highest BCUT2D eigenvalue weighted by Crippen LogP contribution is 2.35. The summed E-state index contributed by atoms with van der Waals surface area (Å²) in [5.41, 5.74) is 0. The maximum absolute atomic E-state index is 5.79. The molecule has 4 nitrogen and oxygen atoms in total. The van der Waals surface area contributed by atoms with Gasteiger partial charge in [-0.2, -0.15) is 0 Å². The lowest BCUT2D eigenvalue weighted by Gasteiger charge is -2.37. The minimum absolute atomic E-state index is 0.212. The fourth-order valence-electron chi connectivity index (χ4n) is 3.87. The third kappa shape index (κ3) is 3.53. The molecule has 1 aliphatic carbocycles. The van der Waals surface area contributed by atoms with Crippen molar-refractivity contribution in [3.05, 3.63) is 0 Å². The molecule has 0 radical (unpaired) electrons. The molecule has 2 aliphatic heterocycles. The SMILES string of the molecule is CC(CNC1CCC2(CC1)OCCO2)N1CCCCC1. The van der Waals surface area contributed by atoms with Crippen molar-refractivity contribution in [2.75, 3.05) is 32.8 Å². The van der Waals surface area contributed by atoms with Crippen LogP contribution in [0.5, 0.6) is 0 Å². The largest absolute Gasteiger partial charge is 0.348 e. The van der Waals surface area contributed by atoms with E-state index in [2.05, 4.69) is 17.1 Å². The first kappa shape index (κ1) is 14.8. The van der Waals surface area contributed by atoms with Crippen molar-refractivity contribution in [3.63, 3.8) is 0 Å². The lowest BCUT2D eigenvalue weighted by molar-refractivity contribution is -0.179. The zero-order valence-corrected chi connectivity index (χ0v) is 12.9. The van der Waals surface area contributed by atoms with Gasteiger partial charge in [0.25, 0.3) is 0 Å². The topological polar surface area (TPSA) is 33.7 Å². The second-order valence-electron chi connectivity index (χ2n) is 6.74. The monoisotopic (exact) mass is 282 g/mol. The molecule has 2 heterocycles. The summed E-state index contributed by atoms with van der Waals surface area (Å²) in [6.07, 6.45) is 8.67. The van der Waals surface area contributed by atoms with Crippen LogP contribution in [0.3, 0.4) is 0 Å². The van der Waals surface area contributed by atoms with E-state index >= 15 is 0 Å². The predicted molar refractivity (Wildman–Crippen MR) is 79.8 cm³/mol. The van der Waals surface area contributed by atoms with Crippen molar-refractivity contribution in [3.8, 4) is 0 Å². The molecule has 1 unspecified atom stereocenters. The van der Waals surface area contributed by atoms with E-state index in [9.17, 15) is 0 Å². The molecule has 1 atom stereocenters. The Morgan fingerprint density at radius 2 is 1.75 bits per heavy atom. The Labute approximate surface area is 123 Å². The quantitative estimate of drug-likeness (QED) is 0.856. The van der Waals surface area contributed by atoms with Crippen molar-refractivity contribution >= 4 is 0 Å². The van der Waals surface area contributed by atoms with Gasteiger partial charge in [-0.1, -0.05) is 6.42 Å². The molecule has 0 amide bonds. The summed E-state index contributed by atoms with van der Waals surface area (Å²) in [7, 11) is 0. The smallest absolute Gasteiger partial charge is 0.168 e. The van der Waals surface area contributed by atoms with Crippen LogP contribution >= 0.6 is 0 Å². The number of rotatable bonds is 4. The van der Waals surface area contributed by atoms with Crippen molar-refractivity contribution in [2.24, 2.45) is 0 Å². The van der Waals surface area contributed by atoms with Gasteiger partial charge < -0.3 is 14.8 Å². The van der Waals surface area contributed by atoms with Gasteiger partial charge in [0.05, 0.1) is 13.2 Å². The van der Waals surface area contributed by atoms with Crippen LogP contribution in [-0.2, 0) is 9.47 Å². The van der Waals surface area contributed by atoms with Gasteiger partial charge in [-0.15, -0.1) is 0 Å². The zero-order chi connectivity index (χ0) is 13.8. The summed E-state index contributed by atoms with van der Waals surface area (Å²) in [6, 6.07) is 1.32. The molecular formula is C16H30N2O2. The van der Waals surface area contributed by atoms with Gasteiger partial charge in [0.2, 0.25) is 0 Å². The number of hydrogen-bond acceptors (Lipinski definition) is 4. The van der Waals surface area contributed by atoms with Crippen molar-refractivity contribution in [1.82, 2.24) is 10.2 Å². The summed E-state index contributed by atoms with van der Waals surface area (Å²) < 4.78 is 11.6. The highest BCUT2D eigenvalue weighted by molar-refractivity contribution is 4.86. The molecule has 3 aliphatic rings. The molecule has 0 aromatic carbocycles. The molecule has 20 heavy (non-hydrogen) atoms. The van der Waals surface area contributed by atoms with E-state index < -0.39 is 0 Å². The fourth-order valence-corrected chi connectivity index (χ4v) is 3.87. The van der Waals surface area contributed by atoms with Crippen LogP contribution in [0.4, 0.5) is 0 Å². The Morgan fingerprint density at radius 1 is 1.10 bits per heavy atom. The molecule has 0 aromatic heterocycles. The van der Waals surface area contributed by atoms with Crippen LogP contribution in [-0.4, -0.2) is 55.6 Å². The summed E-state index contributed by atoms with van der Waals surface area (Å²) in [5, 5.41) is 3.77. The van der Waals surface area contributed by atoms with E-state index in [1.54, 1.807) is 0 Å². The summed E-state index contributed by atoms with van der Waals surface area (Å²) >= 11 is 0. The molecule has 2 saturated heterocycles. The molecule has 4 heteroatoms. The third-order valence-corrected chi connectivity index (χ3v) is 5.28. The van der Waals surface area contributed by atoms with Gasteiger partial charge in [-0.25, -0.2) is 0 Å². The molecule has 0 aromatic rings. The molecule has 3 rings (SSSR count). The minimum atomic E-state index is -0.212. The van der Waals surface area contributed by atoms with Crippen LogP contribution in [0.1, 0.15) is 51.9 Å². The highest BCUT2D eigenvalue weighted by Gasteiger charge is 2.40. The zero-order valence-electron chi connectivity index (χ0n) is 12.9. The highest BCUT2D eigenvalue weighted by atomic mass is 16.7. The van der Waals surface area contributed by atoms with Crippen LogP contribution in [0, 0.1) is 0 Å². The first-order valence-electron chi connectivity index (χ1n) is 8.53. The van der Waals surface area contributed by atoms with E-state index in [0.717, 1.165) is 32.6 Å². The van der Waals surface area contributed by atoms with Gasteiger partial charge in [0.1, 0.15) is 0 Å². The van der Waals surface area contributed by atoms with Gasteiger partial charge in [-0.3, -0.25) is 4.90 Å². The summed E-state index contributed by atoms with van der Waals surface area (Å²) in [5.74, 6) is -0.212. The normalized spacial score (nSPS) is 29.9. The van der Waals surface area contributed by atoms with Gasteiger partial charge in [0, 0.05) is 31.5 Å². The van der Waals surface area contributed by atoms with E-state index in [1.807, 2.05) is 0 Å². The number of likely N-dealkylation sites (tertiary alicyclic amines) is 1. The maximum atomic E-state index is 5.79. The standard InChI is InChI=1S/C16H30N2O2/c1-14(18-9-3-2-4-10-18)13-17-15-5-7-16(8-6-15)19-11-12-20-16/h14-15,17H,2-13H2,1H3. The van der Waals surface area contributed by atoms with Gasteiger partial charge >= 0.3 is 0 Å². The molecule has 1 N–H and O–H groups in total. The molecule has 3 fully saturated rings. The lowest BCUT2D eigenvalue weighted by Crippen LogP contribution is -2.48. The average molecular weight is 282 g/mol. The minimum Gasteiger partial charge on any atom is -0.348 e. The Bertz CT molecular complexity index is 289. The Kier molecular flexibility index (Phi) is 4.97.